The molecule has 0 spiro atoms. The number of rotatable bonds is 7. The second-order valence-corrected chi connectivity index (χ2v) is 5.37. The van der Waals surface area contributed by atoms with Gasteiger partial charge in [0, 0.05) is 10.2 Å². The third kappa shape index (κ3) is 5.11. The fourth-order valence-electron chi connectivity index (χ4n) is 1.91. The van der Waals surface area contributed by atoms with Crippen molar-refractivity contribution in [2.75, 3.05) is 24.6 Å². The first-order chi connectivity index (χ1) is 10.1. The Bertz CT molecular complexity index is 572. The highest BCUT2D eigenvalue weighted by Gasteiger charge is 2.10. The summed E-state index contributed by atoms with van der Waals surface area (Å²) >= 11 is 3.37. The first-order valence-electron chi connectivity index (χ1n) is 6.55. The number of hydrogen-bond donors (Lipinski definition) is 1. The van der Waals surface area contributed by atoms with Crippen molar-refractivity contribution in [3.8, 4) is 5.75 Å². The quantitative estimate of drug-likeness (QED) is 0.831. The van der Waals surface area contributed by atoms with Gasteiger partial charge < -0.3 is 14.7 Å². The van der Waals surface area contributed by atoms with E-state index < -0.39 is 5.97 Å². The van der Waals surface area contributed by atoms with Gasteiger partial charge in [-0.05, 0) is 36.4 Å². The second kappa shape index (κ2) is 7.69. The summed E-state index contributed by atoms with van der Waals surface area (Å²) in [6, 6.07) is 17.0. The molecule has 2 rings (SSSR count). The minimum Gasteiger partial charge on any atom is -0.492 e. The molecule has 0 amide bonds. The van der Waals surface area contributed by atoms with E-state index in [1.54, 1.807) is 4.90 Å². The molecule has 0 aromatic heterocycles. The summed E-state index contributed by atoms with van der Waals surface area (Å²) < 4.78 is 6.63. The molecule has 0 bridgehead atoms. The molecule has 2 aromatic carbocycles. The summed E-state index contributed by atoms with van der Waals surface area (Å²) in [4.78, 5) is 12.7. The molecule has 0 aliphatic heterocycles. The molecule has 0 heterocycles. The zero-order valence-corrected chi connectivity index (χ0v) is 13.0. The normalized spacial score (nSPS) is 10.1. The van der Waals surface area contributed by atoms with Crippen molar-refractivity contribution in [3.05, 3.63) is 59.1 Å². The van der Waals surface area contributed by atoms with E-state index in [1.165, 1.54) is 0 Å². The van der Waals surface area contributed by atoms with Crippen LogP contribution in [0.25, 0.3) is 0 Å². The van der Waals surface area contributed by atoms with Crippen LogP contribution in [0.5, 0.6) is 5.75 Å². The lowest BCUT2D eigenvalue weighted by Gasteiger charge is -2.22. The van der Waals surface area contributed by atoms with Crippen molar-refractivity contribution >= 4 is 27.6 Å². The van der Waals surface area contributed by atoms with E-state index in [0.717, 1.165) is 15.9 Å². The molecular formula is C16H16BrNO3. The summed E-state index contributed by atoms with van der Waals surface area (Å²) in [7, 11) is 0. The summed E-state index contributed by atoms with van der Waals surface area (Å²) in [5, 5.41) is 9.00. The predicted molar refractivity (Wildman–Crippen MR) is 85.9 cm³/mol. The van der Waals surface area contributed by atoms with Gasteiger partial charge in [0.1, 0.15) is 18.9 Å². The number of halogens is 1. The third-order valence-electron chi connectivity index (χ3n) is 2.89. The van der Waals surface area contributed by atoms with Gasteiger partial charge in [-0.3, -0.25) is 4.79 Å². The number of hydrogen-bond acceptors (Lipinski definition) is 3. The van der Waals surface area contributed by atoms with E-state index in [9.17, 15) is 4.79 Å². The van der Waals surface area contributed by atoms with Gasteiger partial charge >= 0.3 is 5.97 Å². The molecule has 2 aromatic rings. The van der Waals surface area contributed by atoms with Crippen molar-refractivity contribution in [3.63, 3.8) is 0 Å². The van der Waals surface area contributed by atoms with Crippen LogP contribution in [-0.2, 0) is 4.79 Å². The maximum atomic E-state index is 11.0. The lowest BCUT2D eigenvalue weighted by Crippen LogP contribution is -2.33. The van der Waals surface area contributed by atoms with Crippen molar-refractivity contribution in [2.24, 2.45) is 0 Å². The Balaban J connectivity index is 1.93. The molecule has 0 fully saturated rings. The zero-order chi connectivity index (χ0) is 15.1. The number of anilines is 1. The molecule has 21 heavy (non-hydrogen) atoms. The molecular weight excluding hydrogens is 334 g/mol. The van der Waals surface area contributed by atoms with E-state index in [2.05, 4.69) is 15.9 Å². The molecule has 0 radical (unpaired) electrons. The molecule has 0 unspecified atom stereocenters. The number of carboxylic acid groups (broad SMARTS) is 1. The average Bonchev–Trinajstić information content (AvgIpc) is 2.49. The van der Waals surface area contributed by atoms with Crippen molar-refractivity contribution in [2.45, 2.75) is 0 Å². The van der Waals surface area contributed by atoms with Gasteiger partial charge in [-0.2, -0.15) is 0 Å². The number of ether oxygens (including phenoxy) is 1. The number of para-hydroxylation sites is 1. The molecule has 0 atom stereocenters. The van der Waals surface area contributed by atoms with Gasteiger partial charge in [-0.15, -0.1) is 0 Å². The molecule has 0 aliphatic carbocycles. The van der Waals surface area contributed by atoms with Gasteiger partial charge in [0.05, 0.1) is 6.54 Å². The van der Waals surface area contributed by atoms with Crippen LogP contribution in [-0.4, -0.2) is 30.8 Å². The molecule has 0 aliphatic rings. The van der Waals surface area contributed by atoms with Gasteiger partial charge in [0.2, 0.25) is 0 Å². The Hall–Kier alpha value is -2.01. The van der Waals surface area contributed by atoms with Crippen LogP contribution < -0.4 is 9.64 Å². The maximum Gasteiger partial charge on any atom is 0.323 e. The summed E-state index contributed by atoms with van der Waals surface area (Å²) in [6.45, 7) is 0.879. The van der Waals surface area contributed by atoms with E-state index in [4.69, 9.17) is 9.84 Å². The lowest BCUT2D eigenvalue weighted by molar-refractivity contribution is -0.135. The first kappa shape index (κ1) is 15.4. The van der Waals surface area contributed by atoms with Crippen molar-refractivity contribution in [1.82, 2.24) is 0 Å². The van der Waals surface area contributed by atoms with Crippen LogP contribution in [0.15, 0.2) is 59.1 Å². The average molecular weight is 350 g/mol. The highest BCUT2D eigenvalue weighted by molar-refractivity contribution is 9.10. The van der Waals surface area contributed by atoms with Gasteiger partial charge in [0.15, 0.2) is 0 Å². The Kier molecular flexibility index (Phi) is 5.63. The van der Waals surface area contributed by atoms with Crippen LogP contribution in [0.1, 0.15) is 0 Å². The largest absolute Gasteiger partial charge is 0.492 e. The molecule has 5 heteroatoms. The van der Waals surface area contributed by atoms with Gasteiger partial charge in [0.25, 0.3) is 0 Å². The van der Waals surface area contributed by atoms with Crippen LogP contribution in [0, 0.1) is 0 Å². The van der Waals surface area contributed by atoms with Crippen LogP contribution in [0.2, 0.25) is 0 Å². The predicted octanol–water partition coefficient (Wildman–Crippen LogP) is 3.42. The first-order valence-corrected chi connectivity index (χ1v) is 7.34. The van der Waals surface area contributed by atoms with E-state index >= 15 is 0 Å². The topological polar surface area (TPSA) is 49.8 Å². The standard InChI is InChI=1S/C16H16BrNO3/c17-13-6-8-15(9-7-13)21-11-10-18(12-16(19)20)14-4-2-1-3-5-14/h1-9H,10-12H2,(H,19,20). The third-order valence-corrected chi connectivity index (χ3v) is 3.42. The van der Waals surface area contributed by atoms with E-state index in [0.29, 0.717) is 13.2 Å². The lowest BCUT2D eigenvalue weighted by atomic mass is 10.3. The van der Waals surface area contributed by atoms with Crippen molar-refractivity contribution in [1.29, 1.82) is 0 Å². The minimum absolute atomic E-state index is 0.0479. The summed E-state index contributed by atoms with van der Waals surface area (Å²) in [5.41, 5.74) is 0.874. The number of aliphatic carboxylic acids is 1. The van der Waals surface area contributed by atoms with Crippen molar-refractivity contribution < 1.29 is 14.6 Å². The molecule has 4 nitrogen and oxygen atoms in total. The highest BCUT2D eigenvalue weighted by Crippen LogP contribution is 2.17. The number of nitrogens with zero attached hydrogens (tertiary/aromatic N) is 1. The Morgan fingerprint density at radius 3 is 2.38 bits per heavy atom. The van der Waals surface area contributed by atoms with E-state index in [-0.39, 0.29) is 6.54 Å². The molecule has 0 saturated carbocycles. The molecule has 0 saturated heterocycles. The van der Waals surface area contributed by atoms with Crippen LogP contribution >= 0.6 is 15.9 Å². The zero-order valence-electron chi connectivity index (χ0n) is 11.4. The van der Waals surface area contributed by atoms with Gasteiger partial charge in [-0.25, -0.2) is 0 Å². The Morgan fingerprint density at radius 2 is 1.76 bits per heavy atom. The molecule has 110 valence electrons. The maximum absolute atomic E-state index is 11.0. The van der Waals surface area contributed by atoms with E-state index in [1.807, 2.05) is 54.6 Å². The Labute approximate surface area is 132 Å². The van der Waals surface area contributed by atoms with Crippen LogP contribution in [0.3, 0.4) is 0 Å². The summed E-state index contributed by atoms with van der Waals surface area (Å²) in [5.74, 6) is -0.0935. The smallest absolute Gasteiger partial charge is 0.323 e. The fourth-order valence-corrected chi connectivity index (χ4v) is 2.17. The monoisotopic (exact) mass is 349 g/mol. The fraction of sp³-hybridized carbons (Fsp3) is 0.188. The van der Waals surface area contributed by atoms with Gasteiger partial charge in [-0.1, -0.05) is 34.1 Å². The second-order valence-electron chi connectivity index (χ2n) is 4.45. The number of benzene rings is 2. The SMILES string of the molecule is O=C(O)CN(CCOc1ccc(Br)cc1)c1ccccc1. The molecule has 1 N–H and O–H groups in total. The highest BCUT2D eigenvalue weighted by atomic mass is 79.9. The Morgan fingerprint density at radius 1 is 1.10 bits per heavy atom. The summed E-state index contributed by atoms with van der Waals surface area (Å²) in [6.07, 6.45) is 0. The number of carboxylic acids is 1. The van der Waals surface area contributed by atoms with Crippen LogP contribution in [0.4, 0.5) is 5.69 Å². The number of carbonyl (C=O) groups is 1. The minimum atomic E-state index is -0.859.